The summed E-state index contributed by atoms with van der Waals surface area (Å²) in [7, 11) is 1.64. The highest BCUT2D eigenvalue weighted by Crippen LogP contribution is 2.37. The van der Waals surface area contributed by atoms with Crippen LogP contribution in [0.1, 0.15) is 23.5 Å². The summed E-state index contributed by atoms with van der Waals surface area (Å²) in [5.41, 5.74) is 3.16. The van der Waals surface area contributed by atoms with E-state index in [4.69, 9.17) is 16.3 Å². The van der Waals surface area contributed by atoms with Crippen LogP contribution in [0.4, 0.5) is 0 Å². The second-order valence-corrected chi connectivity index (χ2v) is 5.55. The fourth-order valence-electron chi connectivity index (χ4n) is 2.64. The summed E-state index contributed by atoms with van der Waals surface area (Å²) in [5, 5.41) is 0.688. The summed E-state index contributed by atoms with van der Waals surface area (Å²) in [6.07, 6.45) is 2.48. The highest BCUT2D eigenvalue weighted by Gasteiger charge is 2.27. The van der Waals surface area contributed by atoms with Crippen molar-refractivity contribution in [1.29, 1.82) is 0 Å². The van der Waals surface area contributed by atoms with Gasteiger partial charge in [0.25, 0.3) is 0 Å². The molecular weight excluding hydrogens is 284 g/mol. The minimum atomic E-state index is -0.0978. The predicted molar refractivity (Wildman–Crippen MR) is 84.8 cm³/mol. The lowest BCUT2D eigenvalue weighted by atomic mass is 9.93. The van der Waals surface area contributed by atoms with Gasteiger partial charge in [0.1, 0.15) is 5.75 Å². The molecule has 106 valence electrons. The van der Waals surface area contributed by atoms with Crippen LogP contribution in [0.3, 0.4) is 0 Å². The first-order chi connectivity index (χ1) is 10.2. The van der Waals surface area contributed by atoms with Gasteiger partial charge in [-0.1, -0.05) is 35.9 Å². The number of methoxy groups -OCH3 is 1. The summed E-state index contributed by atoms with van der Waals surface area (Å²) in [4.78, 5) is 12.2. The average Bonchev–Trinajstić information content (AvgIpc) is 2.90. The Morgan fingerprint density at radius 1 is 1.05 bits per heavy atom. The van der Waals surface area contributed by atoms with Crippen LogP contribution in [0.15, 0.2) is 54.6 Å². The van der Waals surface area contributed by atoms with E-state index in [1.807, 2.05) is 48.5 Å². The van der Waals surface area contributed by atoms with E-state index in [2.05, 4.69) is 0 Å². The molecule has 0 amide bonds. The highest BCUT2D eigenvalue weighted by molar-refractivity contribution is 6.30. The molecule has 0 bridgehead atoms. The third-order valence-electron chi connectivity index (χ3n) is 3.82. The van der Waals surface area contributed by atoms with Crippen molar-refractivity contribution in [2.24, 2.45) is 0 Å². The summed E-state index contributed by atoms with van der Waals surface area (Å²) in [6, 6.07) is 15.3. The molecule has 0 heterocycles. The van der Waals surface area contributed by atoms with Gasteiger partial charge in [0, 0.05) is 5.02 Å². The minimum absolute atomic E-state index is 0.0978. The topological polar surface area (TPSA) is 26.3 Å². The van der Waals surface area contributed by atoms with E-state index >= 15 is 0 Å². The Morgan fingerprint density at radius 3 is 2.33 bits per heavy atom. The molecule has 0 N–H and O–H groups in total. The van der Waals surface area contributed by atoms with Gasteiger partial charge in [0.05, 0.1) is 13.0 Å². The van der Waals surface area contributed by atoms with Crippen molar-refractivity contribution in [3.05, 3.63) is 70.8 Å². The molecule has 1 aliphatic carbocycles. The lowest BCUT2D eigenvalue weighted by molar-refractivity contribution is -0.115. The van der Waals surface area contributed by atoms with Crippen molar-refractivity contribution in [3.63, 3.8) is 0 Å². The van der Waals surface area contributed by atoms with Gasteiger partial charge in [0.15, 0.2) is 5.78 Å². The van der Waals surface area contributed by atoms with E-state index in [1.54, 1.807) is 13.2 Å². The standard InChI is InChI=1S/C18H15ClO2/c1-21-16-8-4-12(5-9-16)14-10-17(18(20)11-14)13-2-6-15(19)7-3-13/h2-9,11,17H,10H2,1H3. The van der Waals surface area contributed by atoms with Gasteiger partial charge in [-0.25, -0.2) is 0 Å². The molecule has 0 saturated heterocycles. The Balaban J connectivity index is 1.82. The maximum Gasteiger partial charge on any atom is 0.163 e. The van der Waals surface area contributed by atoms with E-state index in [0.717, 1.165) is 28.9 Å². The van der Waals surface area contributed by atoms with Crippen LogP contribution in [0.5, 0.6) is 5.75 Å². The van der Waals surface area contributed by atoms with Crippen LogP contribution in [0.25, 0.3) is 5.57 Å². The Morgan fingerprint density at radius 2 is 1.71 bits per heavy atom. The first-order valence-corrected chi connectivity index (χ1v) is 7.19. The van der Waals surface area contributed by atoms with Crippen LogP contribution in [-0.2, 0) is 4.79 Å². The van der Waals surface area contributed by atoms with Crippen LogP contribution >= 0.6 is 11.6 Å². The zero-order chi connectivity index (χ0) is 14.8. The molecule has 0 saturated carbocycles. The molecule has 0 aromatic heterocycles. The Bertz CT molecular complexity index is 684. The van der Waals surface area contributed by atoms with Crippen molar-refractivity contribution < 1.29 is 9.53 Å². The predicted octanol–water partition coefficient (Wildman–Crippen LogP) is 4.49. The third kappa shape index (κ3) is 2.86. The van der Waals surface area contributed by atoms with E-state index < -0.39 is 0 Å². The summed E-state index contributed by atoms with van der Waals surface area (Å²) >= 11 is 5.90. The summed E-state index contributed by atoms with van der Waals surface area (Å²) in [5.74, 6) is 0.875. The van der Waals surface area contributed by atoms with E-state index in [-0.39, 0.29) is 11.7 Å². The molecule has 21 heavy (non-hydrogen) atoms. The molecule has 0 spiro atoms. The Kier molecular flexibility index (Phi) is 3.80. The second kappa shape index (κ2) is 5.74. The number of hydrogen-bond acceptors (Lipinski definition) is 2. The molecule has 1 unspecified atom stereocenters. The lowest BCUT2D eigenvalue weighted by Crippen LogP contribution is -2.04. The minimum Gasteiger partial charge on any atom is -0.497 e. The Hall–Kier alpha value is -2.06. The van der Waals surface area contributed by atoms with Crippen LogP contribution < -0.4 is 4.74 Å². The number of benzene rings is 2. The van der Waals surface area contributed by atoms with E-state index in [9.17, 15) is 4.79 Å². The SMILES string of the molecule is COc1ccc(C2=CC(=O)C(c3ccc(Cl)cc3)C2)cc1. The largest absolute Gasteiger partial charge is 0.497 e. The van der Waals surface area contributed by atoms with Gasteiger partial charge in [-0.15, -0.1) is 0 Å². The quantitative estimate of drug-likeness (QED) is 0.834. The van der Waals surface area contributed by atoms with Crippen molar-refractivity contribution in [2.75, 3.05) is 7.11 Å². The first kappa shape index (κ1) is 13.9. The number of ether oxygens (including phenoxy) is 1. The molecule has 1 aliphatic rings. The molecule has 2 aromatic rings. The van der Waals surface area contributed by atoms with Crippen LogP contribution in [0, 0.1) is 0 Å². The van der Waals surface area contributed by atoms with Gasteiger partial charge >= 0.3 is 0 Å². The highest BCUT2D eigenvalue weighted by atomic mass is 35.5. The molecule has 2 nitrogen and oxygen atoms in total. The number of carbonyl (C=O) groups excluding carboxylic acids is 1. The average molecular weight is 299 g/mol. The van der Waals surface area contributed by atoms with Gasteiger partial charge in [0.2, 0.25) is 0 Å². The molecule has 0 radical (unpaired) electrons. The number of ketones is 1. The molecule has 0 fully saturated rings. The molecule has 0 aliphatic heterocycles. The Labute approximate surface area is 129 Å². The lowest BCUT2D eigenvalue weighted by Gasteiger charge is -2.10. The number of allylic oxidation sites excluding steroid dienone is 2. The molecule has 3 rings (SSSR count). The fraction of sp³-hybridized carbons (Fsp3) is 0.167. The van der Waals surface area contributed by atoms with Gasteiger partial charge < -0.3 is 4.74 Å². The normalized spacial score (nSPS) is 17.7. The van der Waals surface area contributed by atoms with Gasteiger partial charge in [-0.05, 0) is 53.5 Å². The van der Waals surface area contributed by atoms with Crippen LogP contribution in [-0.4, -0.2) is 12.9 Å². The van der Waals surface area contributed by atoms with Crippen molar-refractivity contribution in [3.8, 4) is 5.75 Å². The smallest absolute Gasteiger partial charge is 0.163 e. The molecule has 2 aromatic carbocycles. The maximum absolute atomic E-state index is 12.2. The van der Waals surface area contributed by atoms with E-state index in [1.165, 1.54) is 0 Å². The third-order valence-corrected chi connectivity index (χ3v) is 4.07. The van der Waals surface area contributed by atoms with Crippen molar-refractivity contribution in [2.45, 2.75) is 12.3 Å². The number of hydrogen-bond donors (Lipinski definition) is 0. The number of rotatable bonds is 3. The summed E-state index contributed by atoms with van der Waals surface area (Å²) < 4.78 is 5.16. The zero-order valence-corrected chi connectivity index (χ0v) is 12.4. The molecular formula is C18H15ClO2. The molecule has 3 heteroatoms. The summed E-state index contributed by atoms with van der Waals surface area (Å²) in [6.45, 7) is 0. The molecule has 1 atom stereocenters. The van der Waals surface area contributed by atoms with E-state index in [0.29, 0.717) is 5.02 Å². The number of carbonyl (C=O) groups is 1. The zero-order valence-electron chi connectivity index (χ0n) is 11.7. The van der Waals surface area contributed by atoms with Crippen molar-refractivity contribution in [1.82, 2.24) is 0 Å². The van der Waals surface area contributed by atoms with Gasteiger partial charge in [-0.3, -0.25) is 4.79 Å². The first-order valence-electron chi connectivity index (χ1n) is 6.81. The maximum atomic E-state index is 12.2. The van der Waals surface area contributed by atoms with Crippen LogP contribution in [0.2, 0.25) is 5.02 Å². The van der Waals surface area contributed by atoms with Gasteiger partial charge in [-0.2, -0.15) is 0 Å². The monoisotopic (exact) mass is 298 g/mol. The number of halogens is 1. The fourth-order valence-corrected chi connectivity index (χ4v) is 2.76. The van der Waals surface area contributed by atoms with Crippen molar-refractivity contribution >= 4 is 23.0 Å². The second-order valence-electron chi connectivity index (χ2n) is 5.11.